The molecule has 0 bridgehead atoms. The molecule has 0 aliphatic rings. The van der Waals surface area contributed by atoms with Gasteiger partial charge in [-0.3, -0.25) is 10.1 Å². The molecule has 6 heteroatoms. The Balaban J connectivity index is 2.14. The average molecular weight is 475 g/mol. The summed E-state index contributed by atoms with van der Waals surface area (Å²) in [7, 11) is 1.34. The van der Waals surface area contributed by atoms with Gasteiger partial charge in [0.25, 0.3) is 0 Å². The highest BCUT2D eigenvalue weighted by Gasteiger charge is 2.42. The van der Waals surface area contributed by atoms with Crippen LogP contribution in [0.2, 0.25) is 0 Å². The van der Waals surface area contributed by atoms with Crippen LogP contribution in [0.5, 0.6) is 0 Å². The largest absolute Gasteiger partial charge is 0.468 e. The molecule has 0 aliphatic heterocycles. The van der Waals surface area contributed by atoms with E-state index in [4.69, 9.17) is 9.47 Å². The molecule has 0 aromatic heterocycles. The lowest BCUT2D eigenvalue weighted by Crippen LogP contribution is -2.60. The molecule has 3 rings (SSSR count). The van der Waals surface area contributed by atoms with Crippen molar-refractivity contribution < 1.29 is 19.1 Å². The van der Waals surface area contributed by atoms with E-state index in [-0.39, 0.29) is 0 Å². The summed E-state index contributed by atoms with van der Waals surface area (Å²) in [6.45, 7) is 7.12. The Labute approximate surface area is 207 Å². The smallest absolute Gasteiger partial charge is 0.407 e. The Morgan fingerprint density at radius 2 is 1.14 bits per heavy atom. The minimum absolute atomic E-state index is 0.499. The molecule has 0 saturated carbocycles. The van der Waals surface area contributed by atoms with E-state index in [0.29, 0.717) is 0 Å². The topological polar surface area (TPSA) is 76.7 Å². The van der Waals surface area contributed by atoms with E-state index in [1.54, 1.807) is 27.7 Å². The molecular weight excluding hydrogens is 440 g/mol. The van der Waals surface area contributed by atoms with Gasteiger partial charge in [0, 0.05) is 0 Å². The van der Waals surface area contributed by atoms with Crippen LogP contribution >= 0.6 is 0 Å². The third kappa shape index (κ3) is 6.28. The first-order valence-electron chi connectivity index (χ1n) is 11.7. The van der Waals surface area contributed by atoms with E-state index in [1.165, 1.54) is 7.11 Å². The summed E-state index contributed by atoms with van der Waals surface area (Å²) in [5, 5.41) is 6.39. The summed E-state index contributed by atoms with van der Waals surface area (Å²) in [4.78, 5) is 25.7. The van der Waals surface area contributed by atoms with E-state index >= 15 is 0 Å². The van der Waals surface area contributed by atoms with E-state index in [9.17, 15) is 9.59 Å². The molecule has 184 valence electrons. The van der Waals surface area contributed by atoms with Crippen LogP contribution in [-0.2, 0) is 19.8 Å². The van der Waals surface area contributed by atoms with Crippen LogP contribution in [0.1, 0.15) is 44.4 Å². The minimum Gasteiger partial charge on any atom is -0.468 e. The van der Waals surface area contributed by atoms with Gasteiger partial charge in [0.2, 0.25) is 0 Å². The van der Waals surface area contributed by atoms with Crippen molar-refractivity contribution in [1.82, 2.24) is 10.6 Å². The zero-order valence-electron chi connectivity index (χ0n) is 20.9. The minimum atomic E-state index is -0.910. The lowest BCUT2D eigenvalue weighted by molar-refractivity contribution is -0.144. The highest BCUT2D eigenvalue weighted by Crippen LogP contribution is 2.37. The van der Waals surface area contributed by atoms with Crippen LogP contribution in [0.15, 0.2) is 91.0 Å². The second-order valence-corrected chi connectivity index (χ2v) is 9.43. The fourth-order valence-electron chi connectivity index (χ4n) is 4.14. The van der Waals surface area contributed by atoms with Crippen LogP contribution in [0.4, 0.5) is 4.79 Å². The van der Waals surface area contributed by atoms with Gasteiger partial charge < -0.3 is 14.8 Å². The number of carbonyl (C=O) groups excluding carboxylic acids is 2. The molecule has 0 fully saturated rings. The molecule has 2 atom stereocenters. The number of nitrogens with one attached hydrogen (secondary N) is 2. The maximum Gasteiger partial charge on any atom is 0.407 e. The molecular formula is C29H34N2O4. The Hall–Kier alpha value is -3.64. The molecule has 1 amide bonds. The van der Waals surface area contributed by atoms with E-state index in [0.717, 1.165) is 16.7 Å². The average Bonchev–Trinajstić information content (AvgIpc) is 2.85. The van der Waals surface area contributed by atoms with Crippen LogP contribution in [-0.4, -0.2) is 36.9 Å². The fourth-order valence-corrected chi connectivity index (χ4v) is 4.14. The van der Waals surface area contributed by atoms with Gasteiger partial charge in [-0.2, -0.15) is 0 Å². The zero-order chi connectivity index (χ0) is 25.5. The monoisotopic (exact) mass is 474 g/mol. The number of hydrogen-bond donors (Lipinski definition) is 2. The predicted octanol–water partition coefficient (Wildman–Crippen LogP) is 5.02. The lowest BCUT2D eigenvalue weighted by atomic mass is 9.76. The Kier molecular flexibility index (Phi) is 8.30. The summed E-state index contributed by atoms with van der Waals surface area (Å²) in [6.07, 6.45) is -0.606. The van der Waals surface area contributed by atoms with Crippen LogP contribution in [0.3, 0.4) is 0 Å². The number of ether oxygens (including phenoxy) is 2. The second kappa shape index (κ2) is 11.2. The first-order valence-corrected chi connectivity index (χ1v) is 11.7. The molecule has 0 aliphatic carbocycles. The van der Waals surface area contributed by atoms with E-state index in [2.05, 4.69) is 10.6 Å². The van der Waals surface area contributed by atoms with Crippen molar-refractivity contribution in [2.24, 2.45) is 0 Å². The number of methoxy groups -OCH3 is 1. The van der Waals surface area contributed by atoms with Crippen molar-refractivity contribution >= 4 is 12.1 Å². The van der Waals surface area contributed by atoms with Crippen LogP contribution in [0, 0.1) is 0 Å². The first-order chi connectivity index (χ1) is 16.7. The Morgan fingerprint density at radius 1 is 0.743 bits per heavy atom. The standard InChI is InChI=1S/C29H34N2O4/c1-21(30-27(33)35-28(2,3)4)25(26(32)34-5)31-29(22-15-9-6-10-16-22,23-17-11-7-12-18-23)24-19-13-8-14-20-24/h6-21,25,31H,1-5H3,(H,30,33)/t21-,25+/m1/s1. The van der Waals surface area contributed by atoms with Crippen molar-refractivity contribution in [2.75, 3.05) is 7.11 Å². The molecule has 0 unspecified atom stereocenters. The molecule has 3 aromatic rings. The second-order valence-electron chi connectivity index (χ2n) is 9.43. The molecule has 0 saturated heterocycles. The molecule has 2 N–H and O–H groups in total. The fraction of sp³-hybridized carbons (Fsp3) is 0.310. The van der Waals surface area contributed by atoms with E-state index in [1.807, 2.05) is 91.0 Å². The van der Waals surface area contributed by atoms with Crippen LogP contribution in [0.25, 0.3) is 0 Å². The molecule has 6 nitrogen and oxygen atoms in total. The van der Waals surface area contributed by atoms with Gasteiger partial charge in [0.15, 0.2) is 0 Å². The third-order valence-electron chi connectivity index (χ3n) is 5.69. The Bertz CT molecular complexity index is 999. The van der Waals surface area contributed by atoms with Crippen LogP contribution < -0.4 is 10.6 Å². The van der Waals surface area contributed by atoms with Crippen molar-refractivity contribution in [3.8, 4) is 0 Å². The van der Waals surface area contributed by atoms with Gasteiger partial charge in [-0.25, -0.2) is 4.79 Å². The summed E-state index contributed by atoms with van der Waals surface area (Å²) >= 11 is 0. The van der Waals surface area contributed by atoms with Crippen molar-refractivity contribution in [2.45, 2.75) is 50.9 Å². The highest BCUT2D eigenvalue weighted by molar-refractivity contribution is 5.78. The summed E-state index contributed by atoms with van der Waals surface area (Å²) in [5.74, 6) is -0.499. The quantitative estimate of drug-likeness (QED) is 0.354. The number of hydrogen-bond acceptors (Lipinski definition) is 5. The molecule has 0 radical (unpaired) electrons. The highest BCUT2D eigenvalue weighted by atomic mass is 16.6. The predicted molar refractivity (Wildman–Crippen MR) is 137 cm³/mol. The summed E-state index contributed by atoms with van der Waals surface area (Å²) in [5.41, 5.74) is 1.24. The molecule has 0 heterocycles. The molecule has 3 aromatic carbocycles. The molecule has 0 spiro atoms. The SMILES string of the molecule is COC(=O)[C@@H](NC(c1ccccc1)(c1ccccc1)c1ccccc1)[C@@H](C)NC(=O)OC(C)(C)C. The van der Waals surface area contributed by atoms with Gasteiger partial charge in [-0.1, -0.05) is 91.0 Å². The lowest BCUT2D eigenvalue weighted by Gasteiger charge is -2.41. The number of amides is 1. The normalized spacial score (nSPS) is 13.4. The first kappa shape index (κ1) is 26.0. The number of benzene rings is 3. The molecule has 35 heavy (non-hydrogen) atoms. The number of alkyl carbamates (subject to hydrolysis) is 1. The number of carbonyl (C=O) groups is 2. The number of rotatable bonds is 8. The van der Waals surface area contributed by atoms with Crippen molar-refractivity contribution in [3.63, 3.8) is 0 Å². The third-order valence-corrected chi connectivity index (χ3v) is 5.69. The van der Waals surface area contributed by atoms with Gasteiger partial charge in [-0.15, -0.1) is 0 Å². The van der Waals surface area contributed by atoms with Gasteiger partial charge in [0.05, 0.1) is 18.7 Å². The Morgan fingerprint density at radius 3 is 1.49 bits per heavy atom. The number of esters is 1. The zero-order valence-corrected chi connectivity index (χ0v) is 20.9. The van der Waals surface area contributed by atoms with Gasteiger partial charge >= 0.3 is 12.1 Å². The maximum absolute atomic E-state index is 13.1. The van der Waals surface area contributed by atoms with Crippen molar-refractivity contribution in [1.29, 1.82) is 0 Å². The summed E-state index contributed by atoms with van der Waals surface area (Å²) < 4.78 is 10.6. The van der Waals surface area contributed by atoms with Crippen molar-refractivity contribution in [3.05, 3.63) is 108 Å². The van der Waals surface area contributed by atoms with E-state index < -0.39 is 35.3 Å². The maximum atomic E-state index is 13.1. The van der Waals surface area contributed by atoms with Gasteiger partial charge in [0.1, 0.15) is 11.6 Å². The van der Waals surface area contributed by atoms with Gasteiger partial charge in [-0.05, 0) is 44.4 Å². The summed E-state index contributed by atoms with van der Waals surface area (Å²) in [6, 6.07) is 28.2.